The van der Waals surface area contributed by atoms with Crippen LogP contribution in [0.4, 0.5) is 46.0 Å². The Morgan fingerprint density at radius 1 is 0.676 bits per heavy atom. The van der Waals surface area contributed by atoms with Crippen LogP contribution in [-0.2, 0) is 6.54 Å². The molecule has 0 aliphatic rings. The Kier molecular flexibility index (Phi) is 15.9. The summed E-state index contributed by atoms with van der Waals surface area (Å²) in [5.41, 5.74) is 6.96. The highest BCUT2D eigenvalue weighted by molar-refractivity contribution is 5.96. The monoisotopic (exact) mass is 960 g/mol. The fourth-order valence-corrected chi connectivity index (χ4v) is 7.84. The Bertz CT molecular complexity index is 3220. The van der Waals surface area contributed by atoms with Crippen LogP contribution in [0.3, 0.4) is 0 Å². The number of nitro groups is 2. The van der Waals surface area contributed by atoms with Crippen molar-refractivity contribution in [1.82, 2.24) is 39.3 Å². The van der Waals surface area contributed by atoms with Crippen LogP contribution in [0.15, 0.2) is 110 Å². The molecule has 3 N–H and O–H groups in total. The van der Waals surface area contributed by atoms with E-state index >= 15 is 0 Å². The van der Waals surface area contributed by atoms with Crippen LogP contribution >= 0.6 is 0 Å². The molecule has 0 fully saturated rings. The molecule has 8 rings (SSSR count). The van der Waals surface area contributed by atoms with Crippen LogP contribution in [0.5, 0.6) is 11.5 Å². The molecule has 0 saturated heterocycles. The summed E-state index contributed by atoms with van der Waals surface area (Å²) in [6, 6.07) is 25.8. The van der Waals surface area contributed by atoms with Gasteiger partial charge in [0.25, 0.3) is 11.4 Å². The number of nitrogens with zero attached hydrogens (tertiary/aromatic N) is 11. The highest BCUT2D eigenvalue weighted by Crippen LogP contribution is 2.41. The standard InChI is InChI=1S/C27H29N7O3.C24H27N7O3/c1-6-13-33-18-20(19-9-7-8-10-23(19)33)21-11-12-28-27(29-21)30-22-16-25(34(35)36)24(17-26(22)37-5)32(4)15-14-31(2)3;1-29(2)11-12-30(3)21-14-23(34-4)20(13-22(21)31(32)33)28-24-25-10-9-19(27-24)17-15-26-18-8-6-5-7-16(17)18/h1,7-12,16-18H,13-15H2,2-5H3,(H,28,29,30);5-10,13-15,26H,11-12H2,1-4H3,(H,25,27,28). The summed E-state index contributed by atoms with van der Waals surface area (Å²) in [6.07, 6.45) is 12.7. The molecule has 366 valence electrons. The molecule has 0 aliphatic carbocycles. The van der Waals surface area contributed by atoms with Crippen LogP contribution in [0.25, 0.3) is 44.3 Å². The maximum Gasteiger partial charge on any atom is 0.294 e. The van der Waals surface area contributed by atoms with Gasteiger partial charge in [0, 0.05) is 122 Å². The van der Waals surface area contributed by atoms with Crippen molar-refractivity contribution in [2.45, 2.75) is 6.54 Å². The molecule has 8 aromatic rings. The molecular weight excluding hydrogens is 905 g/mol. The third-order valence-electron chi connectivity index (χ3n) is 11.6. The maximum atomic E-state index is 11.9. The van der Waals surface area contributed by atoms with Gasteiger partial charge in [-0.15, -0.1) is 6.42 Å². The first-order valence-electron chi connectivity index (χ1n) is 22.4. The molecule has 0 bridgehead atoms. The number of nitro benzene ring substituents is 2. The topological polar surface area (TPSA) is 214 Å². The molecule has 20 heteroatoms. The molecule has 0 aliphatic heterocycles. The Morgan fingerprint density at radius 2 is 1.17 bits per heavy atom. The molecule has 0 unspecified atom stereocenters. The van der Waals surface area contributed by atoms with Crippen molar-refractivity contribution in [2.24, 2.45) is 0 Å². The fourth-order valence-electron chi connectivity index (χ4n) is 7.84. The molecule has 0 amide bonds. The third kappa shape index (κ3) is 11.7. The van der Waals surface area contributed by atoms with Gasteiger partial charge in [0.15, 0.2) is 0 Å². The average Bonchev–Trinajstić information content (AvgIpc) is 3.97. The lowest BCUT2D eigenvalue weighted by Gasteiger charge is -2.22. The first-order valence-corrected chi connectivity index (χ1v) is 22.4. The van der Waals surface area contributed by atoms with E-state index < -0.39 is 9.85 Å². The van der Waals surface area contributed by atoms with Crippen LogP contribution in [0.2, 0.25) is 0 Å². The van der Waals surface area contributed by atoms with Crippen molar-refractivity contribution in [3.63, 3.8) is 0 Å². The lowest BCUT2D eigenvalue weighted by molar-refractivity contribution is -0.384. The summed E-state index contributed by atoms with van der Waals surface area (Å²) in [5.74, 6) is 4.17. The summed E-state index contributed by atoms with van der Waals surface area (Å²) in [6.45, 7) is 3.17. The number of hydrogen-bond donors (Lipinski definition) is 3. The Hall–Kier alpha value is -8.80. The van der Waals surface area contributed by atoms with E-state index in [-0.39, 0.29) is 17.3 Å². The number of hydrogen-bond acceptors (Lipinski definition) is 16. The number of methoxy groups -OCH3 is 2. The predicted molar refractivity (Wildman–Crippen MR) is 281 cm³/mol. The number of para-hydroxylation sites is 2. The molecule has 4 aromatic carbocycles. The largest absolute Gasteiger partial charge is 0.494 e. The number of anilines is 6. The second-order valence-corrected chi connectivity index (χ2v) is 17.0. The van der Waals surface area contributed by atoms with E-state index in [2.05, 4.69) is 41.5 Å². The van der Waals surface area contributed by atoms with E-state index in [1.54, 1.807) is 24.5 Å². The number of H-pyrrole nitrogens is 1. The minimum Gasteiger partial charge on any atom is -0.494 e. The minimum atomic E-state index is -0.399. The molecule has 20 nitrogen and oxygen atoms in total. The van der Waals surface area contributed by atoms with Gasteiger partial charge in [0.05, 0.1) is 53.4 Å². The number of benzene rings is 4. The summed E-state index contributed by atoms with van der Waals surface area (Å²) >= 11 is 0. The van der Waals surface area contributed by atoms with Crippen molar-refractivity contribution in [1.29, 1.82) is 0 Å². The van der Waals surface area contributed by atoms with Crippen LogP contribution in [0, 0.1) is 32.6 Å². The van der Waals surface area contributed by atoms with E-state index in [1.165, 1.54) is 26.4 Å². The zero-order valence-electron chi connectivity index (χ0n) is 40.9. The number of aromatic amines is 1. The smallest absolute Gasteiger partial charge is 0.294 e. The SMILES string of the molecule is C#CCn1cc(-c2ccnc(Nc3cc([N+](=O)[O-])c(N(C)CCN(C)C)cc3OC)n2)c2ccccc21.COc1cc(N(C)CCN(C)C)c([N+](=O)[O-])cc1Nc1nccc(-c2c[nH]c3ccccc23)n1. The zero-order valence-corrected chi connectivity index (χ0v) is 40.9. The van der Waals surface area contributed by atoms with Crippen molar-refractivity contribution in [3.05, 3.63) is 130 Å². The maximum absolute atomic E-state index is 11.9. The first-order chi connectivity index (χ1) is 34.2. The molecular formula is C51H56N14O6. The molecule has 0 radical (unpaired) electrons. The van der Waals surface area contributed by atoms with Crippen molar-refractivity contribution < 1.29 is 19.3 Å². The van der Waals surface area contributed by atoms with E-state index in [0.29, 0.717) is 65.5 Å². The zero-order chi connectivity index (χ0) is 50.8. The lowest BCUT2D eigenvalue weighted by Crippen LogP contribution is -2.28. The number of fused-ring (bicyclic) bond motifs is 2. The van der Waals surface area contributed by atoms with Crippen molar-refractivity contribution in [2.75, 3.05) is 103 Å². The summed E-state index contributed by atoms with van der Waals surface area (Å²) in [4.78, 5) is 52.0. The molecule has 71 heavy (non-hydrogen) atoms. The molecule has 0 spiro atoms. The predicted octanol–water partition coefficient (Wildman–Crippen LogP) is 8.67. The lowest BCUT2D eigenvalue weighted by atomic mass is 10.1. The first kappa shape index (κ1) is 50.1. The van der Waals surface area contributed by atoms with Crippen LogP contribution in [-0.4, -0.2) is 132 Å². The number of likely N-dealkylation sites (N-methyl/N-ethyl adjacent to an activating group) is 4. The summed E-state index contributed by atoms with van der Waals surface area (Å²) in [7, 11) is 14.5. The summed E-state index contributed by atoms with van der Waals surface area (Å²) < 4.78 is 13.1. The van der Waals surface area contributed by atoms with Crippen LogP contribution in [0.1, 0.15) is 0 Å². The van der Waals surface area contributed by atoms with Crippen molar-refractivity contribution >= 4 is 67.8 Å². The summed E-state index contributed by atoms with van der Waals surface area (Å²) in [5, 5.41) is 32.1. The number of rotatable bonds is 19. The number of nitrogens with one attached hydrogen (secondary N) is 3. The second-order valence-electron chi connectivity index (χ2n) is 17.0. The number of terminal acetylenes is 1. The van der Waals surface area contributed by atoms with Gasteiger partial charge < -0.3 is 49.3 Å². The molecule has 4 aromatic heterocycles. The highest BCUT2D eigenvalue weighted by atomic mass is 16.6. The Labute approximate surface area is 411 Å². The third-order valence-corrected chi connectivity index (χ3v) is 11.6. The normalized spacial score (nSPS) is 11.0. The quantitative estimate of drug-likeness (QED) is 0.0393. The second kappa shape index (κ2) is 22.5. The van der Waals surface area contributed by atoms with E-state index in [4.69, 9.17) is 15.9 Å². The van der Waals surface area contributed by atoms with E-state index in [0.717, 1.165) is 51.7 Å². The van der Waals surface area contributed by atoms with Gasteiger partial charge in [-0.2, -0.15) is 0 Å². The Balaban J connectivity index is 0.000000209. The minimum absolute atomic E-state index is 0.0302. The van der Waals surface area contributed by atoms with Crippen molar-refractivity contribution in [3.8, 4) is 46.4 Å². The average molecular weight is 961 g/mol. The number of ether oxygens (including phenoxy) is 2. The van der Waals surface area contributed by atoms with Gasteiger partial charge in [0.1, 0.15) is 22.9 Å². The molecule has 4 heterocycles. The van der Waals surface area contributed by atoms with Gasteiger partial charge in [-0.05, 0) is 52.5 Å². The number of aromatic nitrogens is 6. The fraction of sp³-hybridized carbons (Fsp3) is 0.255. The van der Waals surface area contributed by atoms with E-state index in [9.17, 15) is 20.2 Å². The Morgan fingerprint density at radius 3 is 1.66 bits per heavy atom. The highest BCUT2D eigenvalue weighted by Gasteiger charge is 2.24. The van der Waals surface area contributed by atoms with E-state index in [1.807, 2.05) is 140 Å². The molecule has 0 saturated carbocycles. The van der Waals surface area contributed by atoms with Gasteiger partial charge in [-0.25, -0.2) is 19.9 Å². The van der Waals surface area contributed by atoms with Gasteiger partial charge in [-0.1, -0.05) is 42.3 Å². The van der Waals surface area contributed by atoms with Crippen LogP contribution < -0.4 is 29.9 Å². The van der Waals surface area contributed by atoms with Gasteiger partial charge in [-0.3, -0.25) is 20.2 Å². The molecule has 0 atom stereocenters. The van der Waals surface area contributed by atoms with Gasteiger partial charge in [0.2, 0.25) is 11.9 Å². The van der Waals surface area contributed by atoms with Gasteiger partial charge >= 0.3 is 0 Å².